The Morgan fingerprint density at radius 3 is 2.71 bits per heavy atom. The van der Waals surface area contributed by atoms with Crippen LogP contribution >= 0.6 is 0 Å². The molecule has 0 aromatic carbocycles. The number of hydrogen-bond acceptors (Lipinski definition) is 3. The molecule has 0 radical (unpaired) electrons. The largest absolute Gasteiger partial charge is 0.479 e. The van der Waals surface area contributed by atoms with Gasteiger partial charge in [-0.1, -0.05) is 13.8 Å². The molecular weight excluding hydrogens is 184 g/mol. The van der Waals surface area contributed by atoms with Crippen molar-refractivity contribution >= 4 is 5.97 Å². The van der Waals surface area contributed by atoms with E-state index in [-0.39, 0.29) is 0 Å². The van der Waals surface area contributed by atoms with Crippen LogP contribution in [0.4, 0.5) is 0 Å². The van der Waals surface area contributed by atoms with Crippen molar-refractivity contribution in [3.63, 3.8) is 0 Å². The Labute approximate surface area is 82.1 Å². The average molecular weight is 198 g/mol. The van der Waals surface area contributed by atoms with Gasteiger partial charge >= 0.3 is 5.97 Å². The second-order valence-electron chi connectivity index (χ2n) is 3.64. The van der Waals surface area contributed by atoms with Crippen LogP contribution in [-0.4, -0.2) is 34.3 Å². The second kappa shape index (κ2) is 3.79. The van der Waals surface area contributed by atoms with Crippen molar-refractivity contribution in [2.45, 2.75) is 25.4 Å². The van der Waals surface area contributed by atoms with Crippen LogP contribution in [0.1, 0.15) is 19.5 Å². The highest BCUT2D eigenvalue weighted by Crippen LogP contribution is 2.26. The molecule has 5 heteroatoms. The summed E-state index contributed by atoms with van der Waals surface area (Å²) in [6.07, 6.45) is 2.24. The van der Waals surface area contributed by atoms with Gasteiger partial charge in [0.25, 0.3) is 0 Å². The summed E-state index contributed by atoms with van der Waals surface area (Å²) in [5.41, 5.74) is 0.114. The average Bonchev–Trinajstić information content (AvgIpc) is 2.55. The first-order valence-electron chi connectivity index (χ1n) is 4.24. The second-order valence-corrected chi connectivity index (χ2v) is 3.64. The van der Waals surface area contributed by atoms with E-state index in [0.717, 1.165) is 5.69 Å². The van der Waals surface area contributed by atoms with E-state index < -0.39 is 17.5 Å². The van der Waals surface area contributed by atoms with Gasteiger partial charge in [-0.3, -0.25) is 0 Å². The SMILES string of the molecule is COC(C(=O)O)C(C)(C)c1cnc[nH]1. The van der Waals surface area contributed by atoms with E-state index >= 15 is 0 Å². The molecule has 1 heterocycles. The highest BCUT2D eigenvalue weighted by atomic mass is 16.5. The maximum absolute atomic E-state index is 10.9. The first-order valence-corrected chi connectivity index (χ1v) is 4.24. The summed E-state index contributed by atoms with van der Waals surface area (Å²) in [6, 6.07) is 0. The van der Waals surface area contributed by atoms with Gasteiger partial charge in [-0.15, -0.1) is 0 Å². The number of nitrogens with one attached hydrogen (secondary N) is 1. The quantitative estimate of drug-likeness (QED) is 0.749. The zero-order chi connectivity index (χ0) is 10.8. The smallest absolute Gasteiger partial charge is 0.333 e. The van der Waals surface area contributed by atoms with Crippen LogP contribution in [0.25, 0.3) is 0 Å². The summed E-state index contributed by atoms with van der Waals surface area (Å²) in [6.45, 7) is 3.59. The van der Waals surface area contributed by atoms with E-state index in [9.17, 15) is 4.79 Å². The fourth-order valence-corrected chi connectivity index (χ4v) is 1.45. The number of hydrogen-bond donors (Lipinski definition) is 2. The Morgan fingerprint density at radius 2 is 2.36 bits per heavy atom. The van der Waals surface area contributed by atoms with E-state index in [0.29, 0.717) is 0 Å². The Bertz CT molecular complexity index is 306. The van der Waals surface area contributed by atoms with Crippen molar-refractivity contribution in [2.75, 3.05) is 7.11 Å². The minimum Gasteiger partial charge on any atom is -0.479 e. The number of carbonyl (C=O) groups is 1. The molecule has 1 unspecified atom stereocenters. The van der Waals surface area contributed by atoms with E-state index in [1.807, 2.05) is 0 Å². The number of nitrogens with zero attached hydrogens (tertiary/aromatic N) is 1. The standard InChI is InChI=1S/C9H14N2O3/c1-9(2,6-4-10-5-11-6)7(14-3)8(12)13/h4-5,7H,1-3H3,(H,10,11)(H,12,13). The van der Waals surface area contributed by atoms with Crippen molar-refractivity contribution in [3.8, 4) is 0 Å². The van der Waals surface area contributed by atoms with Crippen molar-refractivity contribution in [3.05, 3.63) is 18.2 Å². The molecule has 2 N–H and O–H groups in total. The Balaban J connectivity index is 2.99. The summed E-state index contributed by atoms with van der Waals surface area (Å²) < 4.78 is 4.95. The lowest BCUT2D eigenvalue weighted by atomic mass is 9.83. The van der Waals surface area contributed by atoms with Gasteiger partial charge in [0.05, 0.1) is 6.33 Å². The predicted octanol–water partition coefficient (Wildman–Crippen LogP) is 0.787. The number of aliphatic carboxylic acids is 1. The Hall–Kier alpha value is -1.36. The third-order valence-electron chi connectivity index (χ3n) is 2.31. The molecular formula is C9H14N2O3. The minimum atomic E-state index is -0.980. The van der Waals surface area contributed by atoms with Gasteiger partial charge in [0.2, 0.25) is 0 Å². The lowest BCUT2D eigenvalue weighted by Crippen LogP contribution is -2.41. The molecule has 1 aromatic heterocycles. The fourth-order valence-electron chi connectivity index (χ4n) is 1.45. The summed E-state index contributed by atoms with van der Waals surface area (Å²) >= 11 is 0. The third-order valence-corrected chi connectivity index (χ3v) is 2.31. The molecule has 0 saturated heterocycles. The summed E-state index contributed by atoms with van der Waals surface area (Å²) in [5, 5.41) is 8.95. The number of imidazole rings is 1. The van der Waals surface area contributed by atoms with Crippen LogP contribution in [0.3, 0.4) is 0 Å². The molecule has 1 atom stereocenters. The number of rotatable bonds is 4. The number of H-pyrrole nitrogens is 1. The third kappa shape index (κ3) is 1.77. The van der Waals surface area contributed by atoms with Crippen molar-refractivity contribution < 1.29 is 14.6 Å². The van der Waals surface area contributed by atoms with Gasteiger partial charge in [-0.2, -0.15) is 0 Å². The van der Waals surface area contributed by atoms with Crippen LogP contribution in [-0.2, 0) is 14.9 Å². The molecule has 0 bridgehead atoms. The van der Waals surface area contributed by atoms with Gasteiger partial charge in [-0.05, 0) is 0 Å². The number of methoxy groups -OCH3 is 1. The van der Waals surface area contributed by atoms with Crippen molar-refractivity contribution in [2.24, 2.45) is 0 Å². The zero-order valence-electron chi connectivity index (χ0n) is 8.44. The van der Waals surface area contributed by atoms with Crippen molar-refractivity contribution in [1.29, 1.82) is 0 Å². The monoisotopic (exact) mass is 198 g/mol. The molecule has 0 fully saturated rings. The highest BCUT2D eigenvalue weighted by Gasteiger charge is 2.38. The first kappa shape index (κ1) is 10.7. The van der Waals surface area contributed by atoms with Crippen LogP contribution < -0.4 is 0 Å². The predicted molar refractivity (Wildman–Crippen MR) is 50.0 cm³/mol. The maximum atomic E-state index is 10.9. The van der Waals surface area contributed by atoms with Crippen LogP contribution in [0.2, 0.25) is 0 Å². The molecule has 78 valence electrons. The number of carboxylic acid groups (broad SMARTS) is 1. The molecule has 0 spiro atoms. The fraction of sp³-hybridized carbons (Fsp3) is 0.556. The zero-order valence-corrected chi connectivity index (χ0v) is 8.44. The maximum Gasteiger partial charge on any atom is 0.333 e. The normalized spacial score (nSPS) is 13.9. The van der Waals surface area contributed by atoms with Crippen LogP contribution in [0, 0.1) is 0 Å². The molecule has 1 rings (SSSR count). The molecule has 0 aliphatic carbocycles. The molecule has 0 saturated carbocycles. The Kier molecular flexibility index (Phi) is 2.90. The lowest BCUT2D eigenvalue weighted by molar-refractivity contribution is -0.152. The molecule has 0 amide bonds. The van der Waals surface area contributed by atoms with Crippen LogP contribution in [0.15, 0.2) is 12.5 Å². The number of aromatic nitrogens is 2. The van der Waals surface area contributed by atoms with Gasteiger partial charge in [0.1, 0.15) is 0 Å². The number of ether oxygens (including phenoxy) is 1. The van der Waals surface area contributed by atoms with Crippen LogP contribution in [0.5, 0.6) is 0 Å². The van der Waals surface area contributed by atoms with Crippen molar-refractivity contribution in [1.82, 2.24) is 9.97 Å². The molecule has 0 aliphatic rings. The Morgan fingerprint density at radius 1 is 1.71 bits per heavy atom. The molecule has 1 aromatic rings. The van der Waals surface area contributed by atoms with Gasteiger partial charge in [0.15, 0.2) is 6.10 Å². The van der Waals surface area contributed by atoms with E-state index in [2.05, 4.69) is 9.97 Å². The highest BCUT2D eigenvalue weighted by molar-refractivity contribution is 5.74. The molecule has 5 nitrogen and oxygen atoms in total. The minimum absolute atomic E-state index is 0.628. The first-order chi connectivity index (χ1) is 6.50. The van der Waals surface area contributed by atoms with E-state index in [4.69, 9.17) is 9.84 Å². The van der Waals surface area contributed by atoms with Gasteiger partial charge in [-0.25, -0.2) is 9.78 Å². The van der Waals surface area contributed by atoms with E-state index in [1.165, 1.54) is 13.4 Å². The lowest BCUT2D eigenvalue weighted by Gasteiger charge is -2.28. The summed E-state index contributed by atoms with van der Waals surface area (Å²) in [5.74, 6) is -0.980. The molecule has 14 heavy (non-hydrogen) atoms. The number of aromatic amines is 1. The number of carboxylic acids is 1. The topological polar surface area (TPSA) is 75.2 Å². The molecule has 0 aliphatic heterocycles. The van der Waals surface area contributed by atoms with Gasteiger partial charge in [0, 0.05) is 24.4 Å². The van der Waals surface area contributed by atoms with E-state index in [1.54, 1.807) is 20.0 Å². The summed E-state index contributed by atoms with van der Waals surface area (Å²) in [7, 11) is 1.39. The van der Waals surface area contributed by atoms with Gasteiger partial charge < -0.3 is 14.8 Å². The summed E-state index contributed by atoms with van der Waals surface area (Å²) in [4.78, 5) is 17.7.